The molecule has 0 atom stereocenters. The molecule has 0 unspecified atom stereocenters. The zero-order valence-electron chi connectivity index (χ0n) is 33.0. The molecule has 2 heteroatoms. The van der Waals surface area contributed by atoms with Gasteiger partial charge in [-0.15, -0.1) is 0 Å². The summed E-state index contributed by atoms with van der Waals surface area (Å²) >= 11 is 0. The number of hydrogen-bond donors (Lipinski definition) is 0. The third-order valence-electron chi connectivity index (χ3n) is 9.89. The Morgan fingerprint density at radius 2 is 0.609 bits per heavy atom. The third kappa shape index (κ3) is 7.71. The molecule has 0 aromatic heterocycles. The van der Waals surface area contributed by atoms with Crippen molar-refractivity contribution in [3.8, 4) is 0 Å². The monoisotopic (exact) mass is 656 g/mol. The number of fused-ring (bicyclic) bond motifs is 1. The lowest BCUT2D eigenvalue weighted by Gasteiger charge is -2.33. The van der Waals surface area contributed by atoms with Gasteiger partial charge in [-0.3, -0.25) is 0 Å². The van der Waals surface area contributed by atoms with Crippen molar-refractivity contribution in [2.75, 3.05) is 0 Å². The van der Waals surface area contributed by atoms with Crippen molar-refractivity contribution in [1.29, 1.82) is 0 Å². The van der Waals surface area contributed by atoms with Gasteiger partial charge in [-0.05, 0) is 103 Å². The van der Waals surface area contributed by atoms with E-state index in [4.69, 9.17) is 0 Å². The van der Waals surface area contributed by atoms with Crippen LogP contribution in [0.2, 0.25) is 0 Å². The highest BCUT2D eigenvalue weighted by Gasteiger charge is 2.32. The summed E-state index contributed by atoms with van der Waals surface area (Å²) < 4.78 is 0. The number of hydrogen-bond acceptors (Lipinski definition) is 0. The molecule has 0 saturated heterocycles. The molecular weight excluding hydrogens is 590 g/mol. The predicted octanol–water partition coefficient (Wildman–Crippen LogP) is 12.8. The predicted molar refractivity (Wildman–Crippen MR) is 210 cm³/mol. The average molecular weight is 657 g/mol. The van der Waals surface area contributed by atoms with E-state index in [9.17, 15) is 0 Å². The fraction of sp³-hybridized carbons (Fsp3) is 0.636. The Labute approximate surface area is 287 Å². The molecule has 1 aliphatic carbocycles. The molecule has 0 nitrogen and oxygen atoms in total. The Morgan fingerprint density at radius 1 is 0.370 bits per heavy atom. The van der Waals surface area contributed by atoms with Gasteiger partial charge in [0.2, 0.25) is 0 Å². The van der Waals surface area contributed by atoms with Crippen LogP contribution in [-0.4, -0.2) is 0 Å². The van der Waals surface area contributed by atoms with Crippen LogP contribution in [0.25, 0.3) is 0 Å². The summed E-state index contributed by atoms with van der Waals surface area (Å²) in [6.45, 7) is 43.2. The SMILES string of the molecule is CC(C)(C)c1cc(C(C)(C)C)c(P=c2c3c(c2=Pc2c(C(C)(C)C)cc(C(C)(C)C)cc2C(C)(C)C)CCCC3)c(C(C)(C)C)c1. The molecule has 0 N–H and O–H groups in total. The highest BCUT2D eigenvalue weighted by atomic mass is 31.1. The van der Waals surface area contributed by atoms with Gasteiger partial charge in [-0.25, -0.2) is 0 Å². The average Bonchev–Trinajstić information content (AvgIpc) is 2.86. The molecule has 3 aromatic rings. The second kappa shape index (κ2) is 12.1. The van der Waals surface area contributed by atoms with Crippen molar-refractivity contribution in [3.63, 3.8) is 0 Å². The first-order chi connectivity index (χ1) is 20.6. The zero-order valence-corrected chi connectivity index (χ0v) is 34.8. The van der Waals surface area contributed by atoms with E-state index in [1.807, 2.05) is 0 Å². The van der Waals surface area contributed by atoms with Crippen LogP contribution < -0.4 is 10.6 Å². The van der Waals surface area contributed by atoms with Gasteiger partial charge in [0.15, 0.2) is 0 Å². The second-order valence-electron chi connectivity index (χ2n) is 20.4. The van der Waals surface area contributed by atoms with Crippen LogP contribution in [0.1, 0.15) is 182 Å². The summed E-state index contributed by atoms with van der Waals surface area (Å²) in [5.41, 5.74) is 12.9. The minimum absolute atomic E-state index is 0.0666. The van der Waals surface area contributed by atoms with Gasteiger partial charge in [0.1, 0.15) is 0 Å². The Kier molecular flexibility index (Phi) is 9.85. The molecule has 0 radical (unpaired) electrons. The molecule has 1 aliphatic rings. The number of rotatable bonds is 2. The quantitative estimate of drug-likeness (QED) is 0.241. The summed E-state index contributed by atoms with van der Waals surface area (Å²) in [6.07, 6.45) is 5.13. The number of benzene rings is 2. The zero-order chi connectivity index (χ0) is 35.0. The van der Waals surface area contributed by atoms with Crippen LogP contribution in [0.5, 0.6) is 0 Å². The summed E-state index contributed by atoms with van der Waals surface area (Å²) in [4.78, 5) is 3.27. The van der Waals surface area contributed by atoms with Gasteiger partial charge in [0, 0.05) is 20.5 Å². The van der Waals surface area contributed by atoms with E-state index in [-0.39, 0.29) is 32.5 Å². The Hall–Kier alpha value is -1.48. The van der Waals surface area contributed by atoms with Crippen LogP contribution in [0.3, 0.4) is 0 Å². The standard InChI is InChI=1S/C44H66P2/c1-39(2,3)27-23-31(41(7,8)9)37(32(24-27)42(10,11)12)45-35-29-21-19-20-22-30(29)36(35)46-38-33(43(13,14)15)25-28(40(4,5)6)26-34(38)44(16,17)18/h23-26H,19-22H2,1-18H3. The van der Waals surface area contributed by atoms with Gasteiger partial charge in [-0.1, -0.05) is 165 Å². The summed E-state index contributed by atoms with van der Waals surface area (Å²) in [5, 5.41) is 3.12. The van der Waals surface area contributed by atoms with Crippen molar-refractivity contribution in [3.05, 3.63) is 78.7 Å². The highest BCUT2D eigenvalue weighted by molar-refractivity contribution is 7.42. The maximum absolute atomic E-state index is 2.56. The van der Waals surface area contributed by atoms with E-state index in [2.05, 4.69) is 149 Å². The van der Waals surface area contributed by atoms with E-state index in [0.717, 1.165) is 0 Å². The normalized spacial score (nSPS) is 16.4. The van der Waals surface area contributed by atoms with Gasteiger partial charge in [-0.2, -0.15) is 0 Å². The van der Waals surface area contributed by atoms with Gasteiger partial charge in [0.25, 0.3) is 0 Å². The van der Waals surface area contributed by atoms with E-state index in [0.29, 0.717) is 0 Å². The maximum atomic E-state index is 2.56. The molecule has 0 saturated carbocycles. The second-order valence-corrected chi connectivity index (χ2v) is 22.7. The van der Waals surface area contributed by atoms with Crippen LogP contribution in [0, 0.1) is 9.88 Å². The van der Waals surface area contributed by atoms with Gasteiger partial charge < -0.3 is 0 Å². The van der Waals surface area contributed by atoms with E-state index < -0.39 is 0 Å². The molecule has 0 aliphatic heterocycles. The Bertz CT molecular complexity index is 1510. The molecule has 0 spiro atoms. The van der Waals surface area contributed by atoms with Crippen molar-refractivity contribution in [2.45, 2.75) is 183 Å². The first-order valence-corrected chi connectivity index (χ1v) is 19.7. The van der Waals surface area contributed by atoms with Crippen molar-refractivity contribution in [1.82, 2.24) is 0 Å². The molecule has 0 amide bonds. The van der Waals surface area contributed by atoms with Crippen LogP contribution >= 0.6 is 16.4 Å². The van der Waals surface area contributed by atoms with Gasteiger partial charge in [0.05, 0.1) is 0 Å². The van der Waals surface area contributed by atoms with Gasteiger partial charge >= 0.3 is 0 Å². The van der Waals surface area contributed by atoms with Crippen molar-refractivity contribution < 1.29 is 0 Å². The summed E-state index contributed by atoms with van der Waals surface area (Å²) in [6, 6.07) is 10.2. The molecular formula is C44H66P2. The fourth-order valence-corrected chi connectivity index (χ4v) is 10.9. The topological polar surface area (TPSA) is 0 Å². The molecule has 3 aromatic carbocycles. The minimum atomic E-state index is 0.0666. The van der Waals surface area contributed by atoms with Crippen LogP contribution in [0.4, 0.5) is 0 Å². The Morgan fingerprint density at radius 3 is 0.804 bits per heavy atom. The summed E-state index contributed by atoms with van der Waals surface area (Å²) in [5.74, 6) is 0. The van der Waals surface area contributed by atoms with E-state index in [1.165, 1.54) is 75.5 Å². The first-order valence-electron chi connectivity index (χ1n) is 17.9. The van der Waals surface area contributed by atoms with E-state index in [1.54, 1.807) is 31.6 Å². The Balaban J connectivity index is 2.21. The lowest BCUT2D eigenvalue weighted by atomic mass is 9.75. The van der Waals surface area contributed by atoms with Crippen molar-refractivity contribution >= 4 is 27.0 Å². The largest absolute Gasteiger partial charge is 0.0585 e. The lowest BCUT2D eigenvalue weighted by molar-refractivity contribution is 0.553. The molecule has 252 valence electrons. The molecule has 4 rings (SSSR count). The molecule has 0 bridgehead atoms. The lowest BCUT2D eigenvalue weighted by Crippen LogP contribution is -2.30. The summed E-state index contributed by atoms with van der Waals surface area (Å²) in [7, 11) is 2.82. The smallest absolute Gasteiger partial charge is 0.0180 e. The third-order valence-corrected chi connectivity index (χ3v) is 12.9. The van der Waals surface area contributed by atoms with Crippen LogP contribution in [-0.2, 0) is 45.3 Å². The molecule has 0 fully saturated rings. The first kappa shape index (κ1) is 37.3. The fourth-order valence-electron chi connectivity index (χ4n) is 6.78. The van der Waals surface area contributed by atoms with Crippen LogP contribution in [0.15, 0.2) is 24.3 Å². The maximum Gasteiger partial charge on any atom is 0.0180 e. The highest BCUT2D eigenvalue weighted by Crippen LogP contribution is 2.41. The minimum Gasteiger partial charge on any atom is -0.0585 e. The molecule has 46 heavy (non-hydrogen) atoms. The van der Waals surface area contributed by atoms with E-state index >= 15 is 0 Å². The van der Waals surface area contributed by atoms with Crippen molar-refractivity contribution in [2.24, 2.45) is 0 Å². The molecule has 0 heterocycles.